The van der Waals surface area contributed by atoms with E-state index in [1.807, 2.05) is 18.2 Å². The van der Waals surface area contributed by atoms with Gasteiger partial charge in [0.25, 0.3) is 11.9 Å². The molecule has 0 amide bonds. The highest BCUT2D eigenvalue weighted by atomic mass is 79.9. The van der Waals surface area contributed by atoms with Crippen LogP contribution in [-0.4, -0.2) is 24.7 Å². The van der Waals surface area contributed by atoms with Crippen LogP contribution in [0.2, 0.25) is 5.15 Å². The molecule has 0 radical (unpaired) electrons. The predicted molar refractivity (Wildman–Crippen MR) is 93.0 cm³/mol. The van der Waals surface area contributed by atoms with Crippen LogP contribution in [0.15, 0.2) is 33.7 Å². The minimum Gasteiger partial charge on any atom is -0.478 e. The quantitative estimate of drug-likeness (QED) is 0.727. The Hall–Kier alpha value is -1.99. The van der Waals surface area contributed by atoms with Gasteiger partial charge in [0.2, 0.25) is 0 Å². The highest BCUT2D eigenvalue weighted by molar-refractivity contribution is 9.10. The van der Waals surface area contributed by atoms with E-state index in [0.29, 0.717) is 30.3 Å². The minimum atomic E-state index is -0.849. The molecule has 1 spiro atoms. The molecule has 1 aromatic heterocycles. The van der Waals surface area contributed by atoms with Gasteiger partial charge in [-0.25, -0.2) is 4.99 Å². The van der Waals surface area contributed by atoms with Crippen LogP contribution in [0.5, 0.6) is 17.4 Å². The number of ether oxygens (including phenoxy) is 3. The van der Waals surface area contributed by atoms with Gasteiger partial charge in [0, 0.05) is 23.0 Å². The van der Waals surface area contributed by atoms with Crippen LogP contribution in [-0.2, 0) is 10.3 Å². The highest BCUT2D eigenvalue weighted by Crippen LogP contribution is 2.54. The molecule has 2 aliphatic heterocycles. The predicted octanol–water partition coefficient (Wildman–Crippen LogP) is 3.59. The number of fused-ring (bicyclic) bond motifs is 4. The van der Waals surface area contributed by atoms with E-state index in [0.717, 1.165) is 15.6 Å². The Bertz CT molecular complexity index is 874. The Kier molecular flexibility index (Phi) is 3.58. The van der Waals surface area contributed by atoms with Crippen molar-refractivity contribution in [1.82, 2.24) is 4.98 Å². The summed E-state index contributed by atoms with van der Waals surface area (Å²) >= 11 is 9.69. The fourth-order valence-electron chi connectivity index (χ4n) is 3.14. The van der Waals surface area contributed by atoms with Crippen LogP contribution >= 0.6 is 27.5 Å². The molecule has 1 aromatic carbocycles. The molecule has 124 valence electrons. The zero-order valence-corrected chi connectivity index (χ0v) is 15.0. The molecule has 1 atom stereocenters. The van der Waals surface area contributed by atoms with Crippen LogP contribution < -0.4 is 15.2 Å². The van der Waals surface area contributed by atoms with Crippen molar-refractivity contribution in [3.8, 4) is 17.4 Å². The maximum absolute atomic E-state index is 6.18. The van der Waals surface area contributed by atoms with Crippen molar-refractivity contribution in [2.24, 2.45) is 10.7 Å². The number of hydrogen-bond donors (Lipinski definition) is 1. The number of pyridine rings is 1. The third-order valence-corrected chi connectivity index (χ3v) is 4.82. The molecule has 0 saturated heterocycles. The lowest BCUT2D eigenvalue weighted by Gasteiger charge is -2.41. The van der Waals surface area contributed by atoms with Crippen molar-refractivity contribution < 1.29 is 14.2 Å². The van der Waals surface area contributed by atoms with Crippen LogP contribution in [0.1, 0.15) is 17.5 Å². The van der Waals surface area contributed by atoms with E-state index in [1.54, 1.807) is 6.07 Å². The number of amidine groups is 1. The second-order valence-corrected chi connectivity index (χ2v) is 6.78. The summed E-state index contributed by atoms with van der Waals surface area (Å²) in [6, 6.07) is 7.57. The van der Waals surface area contributed by atoms with E-state index in [2.05, 4.69) is 25.9 Å². The molecule has 0 saturated carbocycles. The van der Waals surface area contributed by atoms with Gasteiger partial charge in [0.05, 0.1) is 12.7 Å². The van der Waals surface area contributed by atoms with Gasteiger partial charge in [-0.2, -0.15) is 4.98 Å². The van der Waals surface area contributed by atoms with Crippen LogP contribution in [0.4, 0.5) is 0 Å². The van der Waals surface area contributed by atoms with Crippen molar-refractivity contribution in [2.75, 3.05) is 13.7 Å². The topological polar surface area (TPSA) is 79.0 Å². The summed E-state index contributed by atoms with van der Waals surface area (Å²) in [5, 5.41) is 0.289. The molecule has 4 rings (SSSR count). The number of nitrogens with zero attached hydrogens (tertiary/aromatic N) is 2. The lowest BCUT2D eigenvalue weighted by molar-refractivity contribution is 0.0626. The number of benzene rings is 1. The van der Waals surface area contributed by atoms with Crippen molar-refractivity contribution in [2.45, 2.75) is 12.0 Å². The Balaban J connectivity index is 2.04. The molecule has 1 unspecified atom stereocenters. The summed E-state index contributed by atoms with van der Waals surface area (Å²) in [7, 11) is 1.52. The van der Waals surface area contributed by atoms with Gasteiger partial charge in [-0.15, -0.1) is 0 Å². The zero-order valence-electron chi connectivity index (χ0n) is 12.7. The van der Waals surface area contributed by atoms with E-state index in [4.69, 9.17) is 31.5 Å². The largest absolute Gasteiger partial charge is 0.478 e. The molecule has 24 heavy (non-hydrogen) atoms. The SMILES string of the molecule is COc1nc(Cl)cc2c1Oc1ccc(Br)cc1C21CCN=C(N)O1. The average molecular weight is 411 g/mol. The summed E-state index contributed by atoms with van der Waals surface area (Å²) in [6.45, 7) is 0.527. The summed E-state index contributed by atoms with van der Waals surface area (Å²) in [5.41, 5.74) is 6.63. The highest BCUT2D eigenvalue weighted by Gasteiger charge is 2.48. The number of aromatic nitrogens is 1. The molecule has 8 heteroatoms. The Labute approximate surface area is 151 Å². The second kappa shape index (κ2) is 5.53. The normalized spacial score (nSPS) is 21.2. The molecule has 0 fully saturated rings. The van der Waals surface area contributed by atoms with Crippen LogP contribution in [0.3, 0.4) is 0 Å². The maximum atomic E-state index is 6.18. The monoisotopic (exact) mass is 409 g/mol. The Morgan fingerprint density at radius 3 is 2.92 bits per heavy atom. The summed E-state index contributed by atoms with van der Waals surface area (Å²) in [5.74, 6) is 1.43. The fraction of sp³-hybridized carbons (Fsp3) is 0.250. The number of hydrogen-bond acceptors (Lipinski definition) is 6. The first-order chi connectivity index (χ1) is 11.5. The molecule has 0 aliphatic carbocycles. The first kappa shape index (κ1) is 15.5. The summed E-state index contributed by atoms with van der Waals surface area (Å²) < 4.78 is 18.4. The van der Waals surface area contributed by atoms with E-state index in [-0.39, 0.29) is 11.2 Å². The molecule has 3 heterocycles. The zero-order chi connectivity index (χ0) is 16.9. The van der Waals surface area contributed by atoms with Gasteiger partial charge in [-0.05, 0) is 24.3 Å². The number of aliphatic imine (C=N–C) groups is 1. The molecule has 0 bridgehead atoms. The smallest absolute Gasteiger partial charge is 0.283 e. The summed E-state index contributed by atoms with van der Waals surface area (Å²) in [4.78, 5) is 8.34. The van der Waals surface area contributed by atoms with E-state index >= 15 is 0 Å². The third kappa shape index (κ3) is 2.22. The molecular weight excluding hydrogens is 398 g/mol. The number of rotatable bonds is 1. The van der Waals surface area contributed by atoms with E-state index in [1.165, 1.54) is 7.11 Å². The molecule has 2 aromatic rings. The molecule has 6 nitrogen and oxygen atoms in total. The van der Waals surface area contributed by atoms with Gasteiger partial charge >= 0.3 is 0 Å². The Morgan fingerprint density at radius 1 is 1.33 bits per heavy atom. The van der Waals surface area contributed by atoms with Crippen molar-refractivity contribution >= 4 is 33.6 Å². The van der Waals surface area contributed by atoms with E-state index in [9.17, 15) is 0 Å². The standard InChI is InChI=1S/C16H13BrClN3O3/c1-22-14-13-10(7-12(18)21-14)16(4-5-20-15(19)24-16)9-6-8(17)2-3-11(9)23-13/h2-3,6-7H,4-5H2,1H3,(H2,19,20). The second-order valence-electron chi connectivity index (χ2n) is 5.47. The summed E-state index contributed by atoms with van der Waals surface area (Å²) in [6.07, 6.45) is 0.594. The van der Waals surface area contributed by atoms with Gasteiger partial charge in [0.15, 0.2) is 11.4 Å². The average Bonchev–Trinajstić information content (AvgIpc) is 2.56. The third-order valence-electron chi connectivity index (χ3n) is 4.14. The molecule has 2 aliphatic rings. The number of methoxy groups -OCH3 is 1. The van der Waals surface area contributed by atoms with Crippen LogP contribution in [0, 0.1) is 0 Å². The van der Waals surface area contributed by atoms with Gasteiger partial charge in [-0.1, -0.05) is 27.5 Å². The van der Waals surface area contributed by atoms with Crippen molar-refractivity contribution in [3.05, 3.63) is 45.0 Å². The lowest BCUT2D eigenvalue weighted by atomic mass is 9.80. The molecular formula is C16H13BrClN3O3. The fourth-order valence-corrected chi connectivity index (χ4v) is 3.69. The number of nitrogens with two attached hydrogens (primary N) is 1. The van der Waals surface area contributed by atoms with Gasteiger partial charge in [0.1, 0.15) is 10.9 Å². The lowest BCUT2D eigenvalue weighted by Crippen LogP contribution is -2.42. The minimum absolute atomic E-state index is 0.131. The van der Waals surface area contributed by atoms with Gasteiger partial charge < -0.3 is 19.9 Å². The van der Waals surface area contributed by atoms with Crippen LogP contribution in [0.25, 0.3) is 0 Å². The first-order valence-electron chi connectivity index (χ1n) is 7.25. The number of halogens is 2. The molecule has 2 N–H and O–H groups in total. The van der Waals surface area contributed by atoms with Gasteiger partial charge in [-0.3, -0.25) is 0 Å². The van der Waals surface area contributed by atoms with Crippen molar-refractivity contribution in [3.63, 3.8) is 0 Å². The van der Waals surface area contributed by atoms with Crippen molar-refractivity contribution in [1.29, 1.82) is 0 Å². The van der Waals surface area contributed by atoms with E-state index < -0.39 is 5.60 Å². The first-order valence-corrected chi connectivity index (χ1v) is 8.42. The Morgan fingerprint density at radius 2 is 2.17 bits per heavy atom. The maximum Gasteiger partial charge on any atom is 0.283 e.